The maximum Gasteiger partial charge on any atom is 0.232 e. The van der Waals surface area contributed by atoms with E-state index in [1.807, 2.05) is 12.1 Å². The predicted molar refractivity (Wildman–Crippen MR) is 78.1 cm³/mol. The zero-order chi connectivity index (χ0) is 13.0. The molecule has 0 saturated heterocycles. The number of hydrogen-bond acceptors (Lipinski definition) is 2. The van der Waals surface area contributed by atoms with Crippen LogP contribution in [0.1, 0.15) is 32.1 Å². The monoisotopic (exact) mass is 331 g/mol. The Morgan fingerprint density at radius 3 is 2.33 bits per heavy atom. The first kappa shape index (κ1) is 13.9. The summed E-state index contributed by atoms with van der Waals surface area (Å²) in [6, 6.07) is 7.20. The van der Waals surface area contributed by atoms with Crippen LogP contribution in [-0.4, -0.2) is 14.2 Å². The zero-order valence-electron chi connectivity index (χ0n) is 10.2. The smallest absolute Gasteiger partial charge is 0.232 e. The lowest BCUT2D eigenvalue weighted by Crippen LogP contribution is -2.24. The number of benzene rings is 1. The molecule has 0 unspecified atom stereocenters. The highest BCUT2D eigenvalue weighted by molar-refractivity contribution is 9.10. The molecule has 0 heterocycles. The van der Waals surface area contributed by atoms with Gasteiger partial charge in [-0.3, -0.25) is 4.72 Å². The van der Waals surface area contributed by atoms with Gasteiger partial charge in [0.25, 0.3) is 0 Å². The molecule has 1 fully saturated rings. The van der Waals surface area contributed by atoms with Crippen LogP contribution in [0.25, 0.3) is 0 Å². The second kappa shape index (κ2) is 6.06. The van der Waals surface area contributed by atoms with Crippen LogP contribution in [0.2, 0.25) is 0 Å². The summed E-state index contributed by atoms with van der Waals surface area (Å²) in [5.74, 6) is 0.579. The Morgan fingerprint density at radius 1 is 1.11 bits per heavy atom. The molecular formula is C13H18BrNO2S. The van der Waals surface area contributed by atoms with Crippen LogP contribution < -0.4 is 4.72 Å². The van der Waals surface area contributed by atoms with Crippen LogP contribution in [0.4, 0.5) is 5.69 Å². The Hall–Kier alpha value is -0.550. The van der Waals surface area contributed by atoms with Gasteiger partial charge in [-0.05, 0) is 43.0 Å². The summed E-state index contributed by atoms with van der Waals surface area (Å²) in [6.45, 7) is 0. The Kier molecular flexibility index (Phi) is 4.67. The molecule has 2 rings (SSSR count). The summed E-state index contributed by atoms with van der Waals surface area (Å²) in [7, 11) is -3.21. The van der Waals surface area contributed by atoms with E-state index in [4.69, 9.17) is 0 Å². The van der Waals surface area contributed by atoms with Crippen molar-refractivity contribution in [3.05, 3.63) is 28.7 Å². The van der Waals surface area contributed by atoms with Crippen molar-refractivity contribution in [3.63, 3.8) is 0 Å². The molecule has 0 atom stereocenters. The summed E-state index contributed by atoms with van der Waals surface area (Å²) in [5.41, 5.74) is 0.633. The number of sulfonamides is 1. The lowest BCUT2D eigenvalue weighted by Gasteiger charge is -2.21. The van der Waals surface area contributed by atoms with Crippen molar-refractivity contribution in [1.82, 2.24) is 0 Å². The molecule has 0 spiro atoms. The van der Waals surface area contributed by atoms with Crippen LogP contribution in [0, 0.1) is 5.92 Å². The highest BCUT2D eigenvalue weighted by atomic mass is 79.9. The third-order valence-electron chi connectivity index (χ3n) is 3.30. The minimum atomic E-state index is -3.21. The minimum Gasteiger partial charge on any atom is -0.284 e. The topological polar surface area (TPSA) is 46.2 Å². The molecule has 1 aliphatic carbocycles. The Labute approximate surface area is 117 Å². The molecular weight excluding hydrogens is 314 g/mol. The Bertz CT molecular complexity index is 478. The lowest BCUT2D eigenvalue weighted by atomic mass is 9.91. The molecule has 1 aromatic rings. The molecule has 18 heavy (non-hydrogen) atoms. The van der Waals surface area contributed by atoms with Crippen molar-refractivity contribution in [2.75, 3.05) is 10.5 Å². The van der Waals surface area contributed by atoms with Gasteiger partial charge in [0.1, 0.15) is 0 Å². The standard InChI is InChI=1S/C13H18BrNO2S/c14-12-6-8-13(9-7-12)15-18(16,17)10-11-4-2-1-3-5-11/h6-9,11,15H,1-5,10H2. The van der Waals surface area contributed by atoms with Gasteiger partial charge in [-0.15, -0.1) is 0 Å². The zero-order valence-corrected chi connectivity index (χ0v) is 12.6. The van der Waals surface area contributed by atoms with Gasteiger partial charge in [0.2, 0.25) is 10.0 Å². The summed E-state index contributed by atoms with van der Waals surface area (Å²) in [4.78, 5) is 0. The van der Waals surface area contributed by atoms with Gasteiger partial charge < -0.3 is 0 Å². The molecule has 1 aliphatic rings. The van der Waals surface area contributed by atoms with Crippen LogP contribution >= 0.6 is 15.9 Å². The van der Waals surface area contributed by atoms with E-state index < -0.39 is 10.0 Å². The van der Waals surface area contributed by atoms with E-state index >= 15 is 0 Å². The quantitative estimate of drug-likeness (QED) is 0.912. The highest BCUT2D eigenvalue weighted by Crippen LogP contribution is 2.25. The molecule has 1 aromatic carbocycles. The number of anilines is 1. The Morgan fingerprint density at radius 2 is 1.72 bits per heavy atom. The molecule has 0 aromatic heterocycles. The fourth-order valence-corrected chi connectivity index (χ4v) is 4.20. The van der Waals surface area contributed by atoms with Crippen LogP contribution in [0.5, 0.6) is 0 Å². The molecule has 0 amide bonds. The first-order valence-corrected chi connectivity index (χ1v) is 8.76. The molecule has 100 valence electrons. The molecule has 1 N–H and O–H groups in total. The highest BCUT2D eigenvalue weighted by Gasteiger charge is 2.21. The van der Waals surface area contributed by atoms with Gasteiger partial charge in [-0.25, -0.2) is 8.42 Å². The van der Waals surface area contributed by atoms with Crippen molar-refractivity contribution in [2.45, 2.75) is 32.1 Å². The number of rotatable bonds is 4. The third kappa shape index (κ3) is 4.28. The van der Waals surface area contributed by atoms with E-state index in [1.165, 1.54) is 19.3 Å². The maximum absolute atomic E-state index is 12.0. The van der Waals surface area contributed by atoms with Gasteiger partial charge in [-0.1, -0.05) is 35.2 Å². The van der Waals surface area contributed by atoms with Gasteiger partial charge in [0.15, 0.2) is 0 Å². The van der Waals surface area contributed by atoms with Crippen LogP contribution in [0.3, 0.4) is 0 Å². The average molecular weight is 332 g/mol. The van der Waals surface area contributed by atoms with Crippen LogP contribution in [-0.2, 0) is 10.0 Å². The molecule has 0 radical (unpaired) electrons. The maximum atomic E-state index is 12.0. The van der Waals surface area contributed by atoms with E-state index in [0.717, 1.165) is 17.3 Å². The van der Waals surface area contributed by atoms with Gasteiger partial charge >= 0.3 is 0 Å². The summed E-state index contributed by atoms with van der Waals surface area (Å²) < 4.78 is 27.6. The van der Waals surface area contributed by atoms with Gasteiger partial charge in [-0.2, -0.15) is 0 Å². The fourth-order valence-electron chi connectivity index (χ4n) is 2.40. The van der Waals surface area contributed by atoms with Gasteiger partial charge in [0.05, 0.1) is 5.75 Å². The lowest BCUT2D eigenvalue weighted by molar-refractivity contribution is 0.385. The van der Waals surface area contributed by atoms with Crippen molar-refractivity contribution >= 4 is 31.6 Å². The minimum absolute atomic E-state index is 0.253. The predicted octanol–water partition coefficient (Wildman–Crippen LogP) is 3.77. The van der Waals surface area contributed by atoms with Gasteiger partial charge in [0, 0.05) is 10.2 Å². The average Bonchev–Trinajstić information content (AvgIpc) is 2.32. The molecule has 0 bridgehead atoms. The number of nitrogens with one attached hydrogen (secondary N) is 1. The van der Waals surface area contributed by atoms with E-state index in [9.17, 15) is 8.42 Å². The van der Waals surface area contributed by atoms with Crippen molar-refractivity contribution in [3.8, 4) is 0 Å². The molecule has 0 aliphatic heterocycles. The largest absolute Gasteiger partial charge is 0.284 e. The van der Waals surface area contributed by atoms with Crippen molar-refractivity contribution in [1.29, 1.82) is 0 Å². The van der Waals surface area contributed by atoms with Crippen LogP contribution in [0.15, 0.2) is 28.7 Å². The van der Waals surface area contributed by atoms with Crippen molar-refractivity contribution in [2.24, 2.45) is 5.92 Å². The normalized spacial score (nSPS) is 17.6. The SMILES string of the molecule is O=S(=O)(CC1CCCCC1)Nc1ccc(Br)cc1. The summed E-state index contributed by atoms with van der Waals surface area (Å²) in [5, 5.41) is 0. The first-order valence-electron chi connectivity index (χ1n) is 6.31. The summed E-state index contributed by atoms with van der Waals surface area (Å²) in [6.07, 6.45) is 5.66. The second-order valence-corrected chi connectivity index (χ2v) is 7.58. The first-order chi connectivity index (χ1) is 8.55. The molecule has 3 nitrogen and oxygen atoms in total. The Balaban J connectivity index is 1.96. The van der Waals surface area contributed by atoms with Crippen molar-refractivity contribution < 1.29 is 8.42 Å². The third-order valence-corrected chi connectivity index (χ3v) is 5.28. The fraction of sp³-hybridized carbons (Fsp3) is 0.538. The summed E-state index contributed by atoms with van der Waals surface area (Å²) >= 11 is 3.33. The second-order valence-electron chi connectivity index (χ2n) is 4.89. The van der Waals surface area contributed by atoms with E-state index in [-0.39, 0.29) is 5.75 Å². The van der Waals surface area contributed by atoms with E-state index in [1.54, 1.807) is 12.1 Å². The number of hydrogen-bond donors (Lipinski definition) is 1. The van der Waals surface area contributed by atoms with E-state index in [0.29, 0.717) is 11.6 Å². The molecule has 5 heteroatoms. The number of halogens is 1. The van der Waals surface area contributed by atoms with E-state index in [2.05, 4.69) is 20.7 Å². The molecule has 1 saturated carbocycles.